The second-order valence-electron chi connectivity index (χ2n) is 3.87. The minimum Gasteiger partial charge on any atom is -0.355 e. The molecule has 0 saturated carbocycles. The van der Waals surface area contributed by atoms with Crippen LogP contribution in [0.25, 0.3) is 0 Å². The fourth-order valence-electron chi connectivity index (χ4n) is 1.62. The standard InChI is InChI=1S/C12H14ClN5/c1-18(8-9-3-2-4-10(13)7-9)11-5-6-15-12(16-11)17-14/h2-7H,8,14H2,1H3,(H,15,16,17). The molecule has 94 valence electrons. The van der Waals surface area contributed by atoms with E-state index in [9.17, 15) is 0 Å². The summed E-state index contributed by atoms with van der Waals surface area (Å²) in [5.74, 6) is 6.46. The number of nitrogens with zero attached hydrogens (tertiary/aromatic N) is 3. The molecule has 0 bridgehead atoms. The Labute approximate surface area is 111 Å². The lowest BCUT2D eigenvalue weighted by Crippen LogP contribution is -2.19. The van der Waals surface area contributed by atoms with Crippen molar-refractivity contribution in [1.82, 2.24) is 9.97 Å². The number of hydrogen-bond acceptors (Lipinski definition) is 5. The Kier molecular flexibility index (Phi) is 3.96. The molecular weight excluding hydrogens is 250 g/mol. The Morgan fingerprint density at radius 3 is 2.94 bits per heavy atom. The highest BCUT2D eigenvalue weighted by molar-refractivity contribution is 6.30. The fourth-order valence-corrected chi connectivity index (χ4v) is 1.83. The van der Waals surface area contributed by atoms with Crippen molar-refractivity contribution in [3.8, 4) is 0 Å². The Balaban J connectivity index is 2.13. The van der Waals surface area contributed by atoms with Gasteiger partial charge in [-0.1, -0.05) is 23.7 Å². The second-order valence-corrected chi connectivity index (χ2v) is 4.31. The molecular formula is C12H14ClN5. The van der Waals surface area contributed by atoms with Crippen LogP contribution in [-0.4, -0.2) is 17.0 Å². The van der Waals surface area contributed by atoms with Gasteiger partial charge in [0.05, 0.1) is 0 Å². The summed E-state index contributed by atoms with van der Waals surface area (Å²) in [6.07, 6.45) is 1.66. The highest BCUT2D eigenvalue weighted by Gasteiger charge is 2.05. The highest BCUT2D eigenvalue weighted by atomic mass is 35.5. The van der Waals surface area contributed by atoms with E-state index in [4.69, 9.17) is 17.4 Å². The van der Waals surface area contributed by atoms with Crippen LogP contribution in [0.1, 0.15) is 5.56 Å². The van der Waals surface area contributed by atoms with Gasteiger partial charge in [0.15, 0.2) is 0 Å². The third kappa shape index (κ3) is 3.09. The number of halogens is 1. The Bertz CT molecular complexity index is 531. The van der Waals surface area contributed by atoms with Gasteiger partial charge in [-0.15, -0.1) is 0 Å². The second kappa shape index (κ2) is 5.66. The van der Waals surface area contributed by atoms with Gasteiger partial charge in [-0.2, -0.15) is 4.98 Å². The van der Waals surface area contributed by atoms with Crippen molar-refractivity contribution in [2.75, 3.05) is 17.4 Å². The van der Waals surface area contributed by atoms with Gasteiger partial charge < -0.3 is 4.90 Å². The number of hydrogen-bond donors (Lipinski definition) is 2. The zero-order valence-electron chi connectivity index (χ0n) is 9.97. The van der Waals surface area contributed by atoms with Gasteiger partial charge in [-0.05, 0) is 23.8 Å². The van der Waals surface area contributed by atoms with E-state index >= 15 is 0 Å². The lowest BCUT2D eigenvalue weighted by Gasteiger charge is -2.18. The van der Waals surface area contributed by atoms with Crippen molar-refractivity contribution >= 4 is 23.4 Å². The molecule has 0 radical (unpaired) electrons. The van der Waals surface area contributed by atoms with Gasteiger partial charge >= 0.3 is 0 Å². The molecule has 0 unspecified atom stereocenters. The summed E-state index contributed by atoms with van der Waals surface area (Å²) in [6.45, 7) is 0.710. The molecule has 0 aliphatic rings. The number of hydrazine groups is 1. The van der Waals surface area contributed by atoms with Crippen LogP contribution in [0.5, 0.6) is 0 Å². The molecule has 1 aromatic heterocycles. The van der Waals surface area contributed by atoms with Crippen molar-refractivity contribution in [3.63, 3.8) is 0 Å². The van der Waals surface area contributed by atoms with Crippen LogP contribution in [0.3, 0.4) is 0 Å². The van der Waals surface area contributed by atoms with Crippen LogP contribution in [0, 0.1) is 0 Å². The molecule has 0 atom stereocenters. The van der Waals surface area contributed by atoms with E-state index in [0.29, 0.717) is 12.5 Å². The quantitative estimate of drug-likeness (QED) is 0.653. The Hall–Kier alpha value is -1.85. The molecule has 3 N–H and O–H groups in total. The van der Waals surface area contributed by atoms with Crippen molar-refractivity contribution < 1.29 is 0 Å². The SMILES string of the molecule is CN(Cc1cccc(Cl)c1)c1ccnc(NN)n1. The third-order valence-electron chi connectivity index (χ3n) is 2.47. The van der Waals surface area contributed by atoms with Crippen LogP contribution >= 0.6 is 11.6 Å². The molecule has 0 fully saturated rings. The fraction of sp³-hybridized carbons (Fsp3) is 0.167. The van der Waals surface area contributed by atoms with Crippen LogP contribution in [-0.2, 0) is 6.54 Å². The van der Waals surface area contributed by atoms with E-state index in [1.807, 2.05) is 42.3 Å². The molecule has 6 heteroatoms. The minimum absolute atomic E-state index is 0.394. The molecule has 0 aliphatic carbocycles. The number of anilines is 2. The summed E-state index contributed by atoms with van der Waals surface area (Å²) in [7, 11) is 1.95. The first kappa shape index (κ1) is 12.6. The molecule has 2 rings (SSSR count). The normalized spacial score (nSPS) is 10.2. The Morgan fingerprint density at radius 2 is 2.22 bits per heavy atom. The van der Waals surface area contributed by atoms with Gasteiger partial charge in [0, 0.05) is 24.8 Å². The largest absolute Gasteiger partial charge is 0.355 e. The number of benzene rings is 1. The van der Waals surface area contributed by atoms with Gasteiger partial charge in [-0.3, -0.25) is 5.43 Å². The first-order chi connectivity index (χ1) is 8.69. The van der Waals surface area contributed by atoms with E-state index < -0.39 is 0 Å². The highest BCUT2D eigenvalue weighted by Crippen LogP contribution is 2.16. The topological polar surface area (TPSA) is 67.1 Å². The molecule has 1 aromatic carbocycles. The third-order valence-corrected chi connectivity index (χ3v) is 2.70. The van der Waals surface area contributed by atoms with Crippen LogP contribution in [0.2, 0.25) is 5.02 Å². The molecule has 2 aromatic rings. The molecule has 0 spiro atoms. The van der Waals surface area contributed by atoms with Crippen LogP contribution in [0.15, 0.2) is 36.5 Å². The number of nitrogen functional groups attached to an aromatic ring is 1. The maximum atomic E-state index is 5.95. The maximum absolute atomic E-state index is 5.95. The molecule has 0 saturated heterocycles. The van der Waals surface area contributed by atoms with Crippen molar-refractivity contribution in [1.29, 1.82) is 0 Å². The van der Waals surface area contributed by atoms with Gasteiger partial charge in [0.1, 0.15) is 5.82 Å². The zero-order chi connectivity index (χ0) is 13.0. The van der Waals surface area contributed by atoms with Crippen LogP contribution in [0.4, 0.5) is 11.8 Å². The minimum atomic E-state index is 0.394. The van der Waals surface area contributed by atoms with Crippen molar-refractivity contribution in [3.05, 3.63) is 47.1 Å². The maximum Gasteiger partial charge on any atom is 0.239 e. The van der Waals surface area contributed by atoms with E-state index in [0.717, 1.165) is 16.4 Å². The molecule has 5 nitrogen and oxygen atoms in total. The molecule has 0 aliphatic heterocycles. The first-order valence-corrected chi connectivity index (χ1v) is 5.82. The number of aromatic nitrogens is 2. The van der Waals surface area contributed by atoms with Crippen LogP contribution < -0.4 is 16.2 Å². The van der Waals surface area contributed by atoms with E-state index in [1.165, 1.54) is 0 Å². The lowest BCUT2D eigenvalue weighted by atomic mass is 10.2. The summed E-state index contributed by atoms with van der Waals surface area (Å²) < 4.78 is 0. The van der Waals surface area contributed by atoms with Gasteiger partial charge in [-0.25, -0.2) is 10.8 Å². The van der Waals surface area contributed by atoms with Crippen molar-refractivity contribution in [2.24, 2.45) is 5.84 Å². The first-order valence-electron chi connectivity index (χ1n) is 5.44. The average molecular weight is 264 g/mol. The number of rotatable bonds is 4. The number of nitrogens with one attached hydrogen (secondary N) is 1. The summed E-state index contributed by atoms with van der Waals surface area (Å²) in [5, 5.41) is 0.730. The lowest BCUT2D eigenvalue weighted by molar-refractivity contribution is 0.891. The predicted octanol–water partition coefficient (Wildman–Crippen LogP) is 2.05. The summed E-state index contributed by atoms with van der Waals surface area (Å²) >= 11 is 5.95. The van der Waals surface area contributed by atoms with E-state index in [2.05, 4.69) is 15.4 Å². The predicted molar refractivity (Wildman–Crippen MR) is 73.4 cm³/mol. The Morgan fingerprint density at radius 1 is 1.39 bits per heavy atom. The van der Waals surface area contributed by atoms with E-state index in [-0.39, 0.29) is 0 Å². The summed E-state index contributed by atoms with van der Waals surface area (Å²) in [4.78, 5) is 10.2. The summed E-state index contributed by atoms with van der Waals surface area (Å²) in [5.41, 5.74) is 3.54. The average Bonchev–Trinajstić information content (AvgIpc) is 2.39. The monoisotopic (exact) mass is 263 g/mol. The van der Waals surface area contributed by atoms with Crippen molar-refractivity contribution in [2.45, 2.75) is 6.54 Å². The van der Waals surface area contributed by atoms with Gasteiger partial charge in [0.25, 0.3) is 0 Å². The molecule has 0 amide bonds. The zero-order valence-corrected chi connectivity index (χ0v) is 10.7. The number of nitrogens with two attached hydrogens (primary N) is 1. The smallest absolute Gasteiger partial charge is 0.239 e. The summed E-state index contributed by atoms with van der Waals surface area (Å²) in [6, 6.07) is 9.56. The molecule has 1 heterocycles. The van der Waals surface area contributed by atoms with Gasteiger partial charge in [0.2, 0.25) is 5.95 Å². The van der Waals surface area contributed by atoms with E-state index in [1.54, 1.807) is 6.20 Å². The molecule has 18 heavy (non-hydrogen) atoms.